The highest BCUT2D eigenvalue weighted by Crippen LogP contribution is 2.22. The largest absolute Gasteiger partial charge is 0.491 e. The summed E-state index contributed by atoms with van der Waals surface area (Å²) in [6, 6.07) is 18.6. The zero-order valence-electron chi connectivity index (χ0n) is 17.7. The van der Waals surface area contributed by atoms with Crippen molar-refractivity contribution < 1.29 is 9.84 Å². The summed E-state index contributed by atoms with van der Waals surface area (Å²) in [5.74, 6) is 1.18. The van der Waals surface area contributed by atoms with Crippen LogP contribution in [0, 0.1) is 0 Å². The predicted molar refractivity (Wildman–Crippen MR) is 122 cm³/mol. The first-order chi connectivity index (χ1) is 15.0. The first kappa shape index (κ1) is 22.3. The Kier molecular flexibility index (Phi) is 7.64. The molecule has 164 valence electrons. The van der Waals surface area contributed by atoms with Gasteiger partial charge >= 0.3 is 5.69 Å². The number of aliphatic hydroxyl groups is 1. The maximum absolute atomic E-state index is 12.8. The topological polar surface area (TPSA) is 97.5 Å². The van der Waals surface area contributed by atoms with Gasteiger partial charge in [0.15, 0.2) is 0 Å². The van der Waals surface area contributed by atoms with Gasteiger partial charge in [-0.05, 0) is 17.7 Å². The van der Waals surface area contributed by atoms with Crippen LogP contribution < -0.4 is 26.6 Å². The fourth-order valence-electron chi connectivity index (χ4n) is 3.22. The lowest BCUT2D eigenvalue weighted by molar-refractivity contribution is 0.107. The van der Waals surface area contributed by atoms with Crippen LogP contribution in [0.2, 0.25) is 0 Å². The number of benzene rings is 2. The van der Waals surface area contributed by atoms with Gasteiger partial charge in [0.25, 0.3) is 5.56 Å². The van der Waals surface area contributed by atoms with Gasteiger partial charge in [-0.3, -0.25) is 13.9 Å². The molecule has 2 aromatic carbocycles. The van der Waals surface area contributed by atoms with E-state index in [-0.39, 0.29) is 12.2 Å². The maximum atomic E-state index is 12.8. The number of rotatable bonds is 10. The third kappa shape index (κ3) is 5.62. The van der Waals surface area contributed by atoms with E-state index in [0.29, 0.717) is 36.8 Å². The van der Waals surface area contributed by atoms with Crippen LogP contribution in [0.4, 0.5) is 5.82 Å². The summed E-state index contributed by atoms with van der Waals surface area (Å²) in [6.45, 7) is 1.54. The van der Waals surface area contributed by atoms with Gasteiger partial charge in [-0.1, -0.05) is 48.5 Å². The van der Waals surface area contributed by atoms with Gasteiger partial charge < -0.3 is 20.5 Å². The summed E-state index contributed by atoms with van der Waals surface area (Å²) in [7, 11) is 3.11. The zero-order chi connectivity index (χ0) is 22.2. The van der Waals surface area contributed by atoms with Gasteiger partial charge in [0.1, 0.15) is 24.3 Å². The summed E-state index contributed by atoms with van der Waals surface area (Å²) in [6.07, 6.45) is -0.659. The van der Waals surface area contributed by atoms with Crippen molar-refractivity contribution in [3.05, 3.63) is 81.5 Å². The molecule has 1 unspecified atom stereocenters. The van der Waals surface area contributed by atoms with E-state index < -0.39 is 11.8 Å². The fraction of sp³-hybridized carbons (Fsp3) is 0.304. The van der Waals surface area contributed by atoms with E-state index in [1.807, 2.05) is 60.7 Å². The molecule has 31 heavy (non-hydrogen) atoms. The molecule has 8 heteroatoms. The molecule has 0 aliphatic heterocycles. The van der Waals surface area contributed by atoms with Crippen LogP contribution in [0.1, 0.15) is 0 Å². The minimum absolute atomic E-state index is 0.186. The molecule has 0 saturated heterocycles. The lowest BCUT2D eigenvalue weighted by Crippen LogP contribution is -2.40. The Labute approximate surface area is 180 Å². The SMILES string of the molecule is Cn1c(NCCNCC(O)COc2ccccc2)c(-c2ccccc2)c(=O)n(C)c1=O. The van der Waals surface area contributed by atoms with E-state index in [1.165, 1.54) is 11.6 Å². The Hall–Kier alpha value is -3.36. The molecule has 0 spiro atoms. The highest BCUT2D eigenvalue weighted by atomic mass is 16.5. The van der Waals surface area contributed by atoms with Crippen LogP contribution >= 0.6 is 0 Å². The van der Waals surface area contributed by atoms with Crippen molar-refractivity contribution in [1.82, 2.24) is 14.5 Å². The maximum Gasteiger partial charge on any atom is 0.332 e. The van der Waals surface area contributed by atoms with E-state index in [2.05, 4.69) is 10.6 Å². The van der Waals surface area contributed by atoms with Gasteiger partial charge in [-0.25, -0.2) is 4.79 Å². The highest BCUT2D eigenvalue weighted by molar-refractivity contribution is 5.74. The summed E-state index contributed by atoms with van der Waals surface area (Å²) in [5.41, 5.74) is 0.441. The third-order valence-electron chi connectivity index (χ3n) is 4.89. The molecule has 0 fully saturated rings. The van der Waals surface area contributed by atoms with Crippen molar-refractivity contribution in [2.24, 2.45) is 14.1 Å². The van der Waals surface area contributed by atoms with Crippen LogP contribution in [-0.2, 0) is 14.1 Å². The molecule has 1 aromatic heterocycles. The molecular formula is C23H28N4O4. The summed E-state index contributed by atoms with van der Waals surface area (Å²) < 4.78 is 8.07. The van der Waals surface area contributed by atoms with Gasteiger partial charge in [-0.2, -0.15) is 0 Å². The number of aromatic nitrogens is 2. The highest BCUT2D eigenvalue weighted by Gasteiger charge is 2.16. The average Bonchev–Trinajstić information content (AvgIpc) is 2.80. The zero-order valence-corrected chi connectivity index (χ0v) is 17.7. The standard InChI is InChI=1S/C23H28N4O4/c1-26-21(20(17-9-5-3-6-10-17)22(29)27(2)23(26)30)25-14-13-24-15-18(28)16-31-19-11-7-4-8-12-19/h3-12,18,24-25,28H,13-16H2,1-2H3. The molecule has 1 atom stereocenters. The van der Waals surface area contributed by atoms with E-state index in [4.69, 9.17) is 4.74 Å². The molecule has 1 heterocycles. The second-order valence-corrected chi connectivity index (χ2v) is 7.20. The van der Waals surface area contributed by atoms with Crippen LogP contribution in [0.25, 0.3) is 11.1 Å². The molecule has 0 aliphatic carbocycles. The summed E-state index contributed by atoms with van der Waals surface area (Å²) in [4.78, 5) is 25.2. The Morgan fingerprint density at radius 1 is 0.935 bits per heavy atom. The van der Waals surface area contributed by atoms with Crippen molar-refractivity contribution in [2.45, 2.75) is 6.10 Å². The lowest BCUT2D eigenvalue weighted by Gasteiger charge is -2.18. The van der Waals surface area contributed by atoms with Gasteiger partial charge in [0.2, 0.25) is 0 Å². The number of nitrogens with one attached hydrogen (secondary N) is 2. The fourth-order valence-corrected chi connectivity index (χ4v) is 3.22. The monoisotopic (exact) mass is 424 g/mol. The summed E-state index contributed by atoms with van der Waals surface area (Å²) in [5, 5.41) is 16.4. The average molecular weight is 425 g/mol. The Bertz CT molecular complexity index is 1090. The second kappa shape index (κ2) is 10.6. The molecule has 0 saturated carbocycles. The molecule has 3 rings (SSSR count). The number of hydrogen-bond acceptors (Lipinski definition) is 6. The van der Waals surface area contributed by atoms with E-state index in [0.717, 1.165) is 10.1 Å². The summed E-state index contributed by atoms with van der Waals surface area (Å²) >= 11 is 0. The molecule has 3 N–H and O–H groups in total. The van der Waals surface area contributed by atoms with Crippen LogP contribution in [-0.4, -0.2) is 46.6 Å². The van der Waals surface area contributed by atoms with Gasteiger partial charge in [0, 0.05) is 33.7 Å². The normalized spacial score (nSPS) is 11.8. The smallest absolute Gasteiger partial charge is 0.332 e. The third-order valence-corrected chi connectivity index (χ3v) is 4.89. The molecule has 0 aliphatic rings. The number of anilines is 1. The lowest BCUT2D eigenvalue weighted by atomic mass is 10.1. The van der Waals surface area contributed by atoms with Crippen molar-refractivity contribution in [1.29, 1.82) is 0 Å². The number of nitrogens with zero attached hydrogens (tertiary/aromatic N) is 2. The number of ether oxygens (including phenoxy) is 1. The first-order valence-electron chi connectivity index (χ1n) is 10.1. The first-order valence-corrected chi connectivity index (χ1v) is 10.1. The Morgan fingerprint density at radius 2 is 1.58 bits per heavy atom. The van der Waals surface area contributed by atoms with Crippen LogP contribution in [0.15, 0.2) is 70.3 Å². The minimum Gasteiger partial charge on any atom is -0.491 e. The van der Waals surface area contributed by atoms with E-state index >= 15 is 0 Å². The van der Waals surface area contributed by atoms with Crippen molar-refractivity contribution in [3.8, 4) is 16.9 Å². The second-order valence-electron chi connectivity index (χ2n) is 7.20. The van der Waals surface area contributed by atoms with Crippen LogP contribution in [0.5, 0.6) is 5.75 Å². The Balaban J connectivity index is 1.58. The Morgan fingerprint density at radius 3 is 2.26 bits per heavy atom. The van der Waals surface area contributed by atoms with Gasteiger partial charge in [-0.15, -0.1) is 0 Å². The number of aliphatic hydroxyl groups excluding tert-OH is 1. The molecule has 8 nitrogen and oxygen atoms in total. The van der Waals surface area contributed by atoms with E-state index in [1.54, 1.807) is 7.05 Å². The number of para-hydroxylation sites is 1. The van der Waals surface area contributed by atoms with Crippen LogP contribution in [0.3, 0.4) is 0 Å². The van der Waals surface area contributed by atoms with E-state index in [9.17, 15) is 14.7 Å². The quantitative estimate of drug-likeness (QED) is 0.423. The van der Waals surface area contributed by atoms with Crippen molar-refractivity contribution >= 4 is 5.82 Å². The van der Waals surface area contributed by atoms with Crippen molar-refractivity contribution in [3.63, 3.8) is 0 Å². The molecule has 0 amide bonds. The number of hydrogen-bond donors (Lipinski definition) is 3. The molecule has 0 radical (unpaired) electrons. The molecule has 3 aromatic rings. The minimum atomic E-state index is -0.659. The van der Waals surface area contributed by atoms with Crippen molar-refractivity contribution in [2.75, 3.05) is 31.6 Å². The molecule has 0 bridgehead atoms. The molecular weight excluding hydrogens is 396 g/mol. The predicted octanol–water partition coefficient (Wildman–Crippen LogP) is 1.19. The van der Waals surface area contributed by atoms with Gasteiger partial charge in [0.05, 0.1) is 5.56 Å².